The molecule has 0 atom stereocenters. The molecule has 0 bridgehead atoms. The van der Waals surface area contributed by atoms with E-state index in [2.05, 4.69) is 11.9 Å². The smallest absolute Gasteiger partial charge is 0.337 e. The summed E-state index contributed by atoms with van der Waals surface area (Å²) in [7, 11) is 1.55. The fourth-order valence-electron chi connectivity index (χ4n) is 2.68. The van der Waals surface area contributed by atoms with E-state index in [1.54, 1.807) is 37.4 Å². The molecular formula is C19H19NO4. The lowest BCUT2D eigenvalue weighted by molar-refractivity contribution is 0.0701. The number of carboxylic acids is 1. The Morgan fingerprint density at radius 3 is 2.29 bits per heavy atom. The third-order valence-corrected chi connectivity index (χ3v) is 3.93. The summed E-state index contributed by atoms with van der Waals surface area (Å²) in [6.07, 6.45) is 2.00. The number of hydrogen-bond donors (Lipinski definition) is 1. The first-order valence-corrected chi connectivity index (χ1v) is 7.91. The quantitative estimate of drug-likeness (QED) is 0.541. The molecule has 0 amide bonds. The largest absolute Gasteiger partial charge is 0.497 e. The van der Waals surface area contributed by atoms with E-state index in [-0.39, 0.29) is 5.56 Å². The zero-order chi connectivity index (χ0) is 17.1. The second-order valence-electron chi connectivity index (χ2n) is 5.56. The van der Waals surface area contributed by atoms with E-state index in [0.29, 0.717) is 39.9 Å². The normalized spacial score (nSPS) is 10.9. The van der Waals surface area contributed by atoms with Gasteiger partial charge in [-0.05, 0) is 42.8 Å². The van der Waals surface area contributed by atoms with Crippen LogP contribution in [0.4, 0.5) is 0 Å². The number of rotatable bonds is 6. The van der Waals surface area contributed by atoms with E-state index in [1.807, 2.05) is 6.07 Å². The third kappa shape index (κ3) is 2.97. The molecule has 0 saturated heterocycles. The molecule has 1 aromatic heterocycles. The molecule has 24 heavy (non-hydrogen) atoms. The molecule has 3 rings (SSSR count). The van der Waals surface area contributed by atoms with Crippen LogP contribution >= 0.6 is 0 Å². The van der Waals surface area contributed by atoms with Crippen LogP contribution in [0.5, 0.6) is 11.5 Å². The summed E-state index contributed by atoms with van der Waals surface area (Å²) in [6.45, 7) is 2.70. The SMILES string of the molecule is CCCCOc1ccc2nc3ccc(OC)cc3c(C(=O)O)c2c1. The maximum absolute atomic E-state index is 11.9. The van der Waals surface area contributed by atoms with Crippen LogP contribution in [0.2, 0.25) is 0 Å². The van der Waals surface area contributed by atoms with Gasteiger partial charge >= 0.3 is 5.97 Å². The Kier molecular flexibility index (Phi) is 4.51. The molecule has 1 N–H and O–H groups in total. The Morgan fingerprint density at radius 1 is 1.08 bits per heavy atom. The van der Waals surface area contributed by atoms with Crippen molar-refractivity contribution in [1.82, 2.24) is 4.98 Å². The lowest BCUT2D eigenvalue weighted by Gasteiger charge is -2.11. The van der Waals surface area contributed by atoms with Gasteiger partial charge in [-0.1, -0.05) is 13.3 Å². The number of ether oxygens (including phenoxy) is 2. The lowest BCUT2D eigenvalue weighted by atomic mass is 10.0. The third-order valence-electron chi connectivity index (χ3n) is 3.93. The molecule has 0 radical (unpaired) electrons. The summed E-state index contributed by atoms with van der Waals surface area (Å²) < 4.78 is 10.9. The van der Waals surface area contributed by atoms with Crippen molar-refractivity contribution in [2.75, 3.05) is 13.7 Å². The van der Waals surface area contributed by atoms with Gasteiger partial charge in [-0.3, -0.25) is 0 Å². The number of carbonyl (C=O) groups is 1. The summed E-state index contributed by atoms with van der Waals surface area (Å²) in [6, 6.07) is 10.6. The highest BCUT2D eigenvalue weighted by Crippen LogP contribution is 2.31. The predicted octanol–water partition coefficient (Wildman–Crippen LogP) is 4.27. The van der Waals surface area contributed by atoms with Crippen LogP contribution in [0.15, 0.2) is 36.4 Å². The minimum atomic E-state index is -0.994. The molecule has 0 fully saturated rings. The van der Waals surface area contributed by atoms with Crippen molar-refractivity contribution in [1.29, 1.82) is 0 Å². The monoisotopic (exact) mass is 325 g/mol. The fourth-order valence-corrected chi connectivity index (χ4v) is 2.68. The van der Waals surface area contributed by atoms with Gasteiger partial charge < -0.3 is 14.6 Å². The van der Waals surface area contributed by atoms with Crippen molar-refractivity contribution in [3.63, 3.8) is 0 Å². The topological polar surface area (TPSA) is 68.7 Å². The molecule has 0 unspecified atom stereocenters. The molecule has 0 aliphatic rings. The van der Waals surface area contributed by atoms with Gasteiger partial charge in [0, 0.05) is 10.8 Å². The Hall–Kier alpha value is -2.82. The van der Waals surface area contributed by atoms with E-state index in [0.717, 1.165) is 12.8 Å². The molecule has 5 nitrogen and oxygen atoms in total. The van der Waals surface area contributed by atoms with E-state index < -0.39 is 5.97 Å². The lowest BCUT2D eigenvalue weighted by Crippen LogP contribution is -2.02. The Labute approximate surface area is 139 Å². The molecule has 3 aromatic rings. The summed E-state index contributed by atoms with van der Waals surface area (Å²) in [4.78, 5) is 16.5. The van der Waals surface area contributed by atoms with Crippen LogP contribution in [0.25, 0.3) is 21.8 Å². The molecule has 1 heterocycles. The van der Waals surface area contributed by atoms with Gasteiger partial charge in [-0.2, -0.15) is 0 Å². The molecule has 0 saturated carbocycles. The summed E-state index contributed by atoms with van der Waals surface area (Å²) in [5.41, 5.74) is 1.48. The molecule has 5 heteroatoms. The Balaban J connectivity index is 2.21. The Bertz CT molecular complexity index is 905. The summed E-state index contributed by atoms with van der Waals surface area (Å²) in [5.74, 6) is 0.260. The molecule has 0 spiro atoms. The highest BCUT2D eigenvalue weighted by molar-refractivity contribution is 6.14. The number of aromatic carboxylic acids is 1. The summed E-state index contributed by atoms with van der Waals surface area (Å²) >= 11 is 0. The van der Waals surface area contributed by atoms with Crippen LogP contribution in [-0.4, -0.2) is 29.8 Å². The number of methoxy groups -OCH3 is 1. The fraction of sp³-hybridized carbons (Fsp3) is 0.263. The average Bonchev–Trinajstić information content (AvgIpc) is 2.59. The van der Waals surface area contributed by atoms with Gasteiger partial charge in [0.15, 0.2) is 0 Å². The molecule has 0 aliphatic heterocycles. The molecular weight excluding hydrogens is 306 g/mol. The number of aromatic nitrogens is 1. The molecule has 124 valence electrons. The first-order valence-electron chi connectivity index (χ1n) is 7.91. The van der Waals surface area contributed by atoms with Gasteiger partial charge in [0.1, 0.15) is 11.5 Å². The predicted molar refractivity (Wildman–Crippen MR) is 93.2 cm³/mol. The minimum absolute atomic E-state index is 0.217. The highest BCUT2D eigenvalue weighted by atomic mass is 16.5. The van der Waals surface area contributed by atoms with Gasteiger partial charge in [-0.25, -0.2) is 9.78 Å². The van der Waals surface area contributed by atoms with Gasteiger partial charge in [0.05, 0.1) is 30.3 Å². The van der Waals surface area contributed by atoms with Crippen LogP contribution in [0, 0.1) is 0 Å². The average molecular weight is 325 g/mol. The standard InChI is InChI=1S/C19H19NO4/c1-3-4-9-24-13-6-8-17-15(11-13)18(19(21)22)14-10-12(23-2)5-7-16(14)20-17/h5-8,10-11H,3-4,9H2,1-2H3,(H,21,22). The van der Waals surface area contributed by atoms with Crippen molar-refractivity contribution in [2.24, 2.45) is 0 Å². The zero-order valence-electron chi connectivity index (χ0n) is 13.7. The zero-order valence-corrected chi connectivity index (χ0v) is 13.7. The molecule has 0 aliphatic carbocycles. The number of unbranched alkanes of at least 4 members (excludes halogenated alkanes) is 1. The van der Waals surface area contributed by atoms with Crippen molar-refractivity contribution < 1.29 is 19.4 Å². The van der Waals surface area contributed by atoms with Crippen LogP contribution < -0.4 is 9.47 Å². The van der Waals surface area contributed by atoms with Gasteiger partial charge in [0.25, 0.3) is 0 Å². The maximum atomic E-state index is 11.9. The highest BCUT2D eigenvalue weighted by Gasteiger charge is 2.16. The van der Waals surface area contributed by atoms with Crippen LogP contribution in [0.1, 0.15) is 30.1 Å². The second-order valence-corrected chi connectivity index (χ2v) is 5.56. The number of fused-ring (bicyclic) bond motifs is 2. The van der Waals surface area contributed by atoms with E-state index in [1.165, 1.54) is 0 Å². The van der Waals surface area contributed by atoms with Crippen molar-refractivity contribution in [3.05, 3.63) is 42.0 Å². The van der Waals surface area contributed by atoms with E-state index in [9.17, 15) is 9.90 Å². The number of hydrogen-bond acceptors (Lipinski definition) is 4. The first-order chi connectivity index (χ1) is 11.6. The summed E-state index contributed by atoms with van der Waals surface area (Å²) in [5, 5.41) is 10.9. The van der Waals surface area contributed by atoms with Crippen LogP contribution in [0.3, 0.4) is 0 Å². The number of benzene rings is 2. The molecule has 2 aromatic carbocycles. The van der Waals surface area contributed by atoms with Crippen LogP contribution in [-0.2, 0) is 0 Å². The van der Waals surface area contributed by atoms with Crippen molar-refractivity contribution in [2.45, 2.75) is 19.8 Å². The van der Waals surface area contributed by atoms with E-state index in [4.69, 9.17) is 9.47 Å². The van der Waals surface area contributed by atoms with Gasteiger partial charge in [-0.15, -0.1) is 0 Å². The second kappa shape index (κ2) is 6.74. The number of nitrogens with zero attached hydrogens (tertiary/aromatic N) is 1. The number of carboxylic acid groups (broad SMARTS) is 1. The van der Waals surface area contributed by atoms with Crippen molar-refractivity contribution in [3.8, 4) is 11.5 Å². The minimum Gasteiger partial charge on any atom is -0.497 e. The maximum Gasteiger partial charge on any atom is 0.337 e. The Morgan fingerprint density at radius 2 is 1.71 bits per heavy atom. The number of pyridine rings is 1. The van der Waals surface area contributed by atoms with Crippen molar-refractivity contribution >= 4 is 27.8 Å². The first kappa shape index (κ1) is 16.1. The van der Waals surface area contributed by atoms with E-state index >= 15 is 0 Å². The van der Waals surface area contributed by atoms with Gasteiger partial charge in [0.2, 0.25) is 0 Å².